The van der Waals surface area contributed by atoms with Crippen LogP contribution in [0.25, 0.3) is 16.8 Å². The van der Waals surface area contributed by atoms with Crippen LogP contribution >= 0.6 is 11.6 Å². The van der Waals surface area contributed by atoms with Gasteiger partial charge in [-0.1, -0.05) is 42.8 Å². The van der Waals surface area contributed by atoms with Gasteiger partial charge < -0.3 is 19.4 Å². The number of amides is 1. The SMILES string of the molecule is Cc1nccc(/C=C/C(=O)N2CC[C@H](N(C)c3nc(OC[C@@]45CCCN4C[C@H](C)C5)nc4c3CCN(c3cccc5cccc(Cl)c35)C4)C2)n1. The second kappa shape index (κ2) is 13.5. The number of anilines is 2. The summed E-state index contributed by atoms with van der Waals surface area (Å²) in [4.78, 5) is 41.2. The molecule has 4 aromatic rings. The van der Waals surface area contributed by atoms with E-state index in [-0.39, 0.29) is 17.5 Å². The van der Waals surface area contributed by atoms with Crippen LogP contribution in [0.15, 0.2) is 54.7 Å². The van der Waals surface area contributed by atoms with Gasteiger partial charge in [-0.3, -0.25) is 9.69 Å². The summed E-state index contributed by atoms with van der Waals surface area (Å²) in [5, 5.41) is 2.95. The first kappa shape index (κ1) is 32.9. The van der Waals surface area contributed by atoms with Crippen molar-refractivity contribution >= 4 is 45.9 Å². The highest BCUT2D eigenvalue weighted by Gasteiger charge is 2.48. The highest BCUT2D eigenvalue weighted by molar-refractivity contribution is 6.36. The van der Waals surface area contributed by atoms with Crippen molar-refractivity contribution in [3.63, 3.8) is 0 Å². The maximum Gasteiger partial charge on any atom is 0.318 e. The molecule has 4 aliphatic rings. The summed E-state index contributed by atoms with van der Waals surface area (Å²) in [6.45, 7) is 9.83. The second-order valence-electron chi connectivity index (χ2n) is 14.6. The molecule has 260 valence electrons. The molecule has 3 fully saturated rings. The van der Waals surface area contributed by atoms with Crippen LogP contribution in [0.2, 0.25) is 5.02 Å². The van der Waals surface area contributed by atoms with Crippen molar-refractivity contribution in [3.8, 4) is 6.01 Å². The third-order valence-corrected chi connectivity index (χ3v) is 11.5. The van der Waals surface area contributed by atoms with E-state index in [1.807, 2.05) is 30.0 Å². The number of nitrogens with zero attached hydrogens (tertiary/aromatic N) is 8. The van der Waals surface area contributed by atoms with Gasteiger partial charge in [-0.05, 0) is 81.2 Å². The Bertz CT molecular complexity index is 1950. The van der Waals surface area contributed by atoms with Crippen molar-refractivity contribution in [1.82, 2.24) is 29.7 Å². The van der Waals surface area contributed by atoms with Crippen molar-refractivity contribution in [3.05, 3.63) is 82.5 Å². The summed E-state index contributed by atoms with van der Waals surface area (Å²) < 4.78 is 6.62. The van der Waals surface area contributed by atoms with E-state index in [9.17, 15) is 4.79 Å². The predicted molar refractivity (Wildman–Crippen MR) is 198 cm³/mol. The molecule has 2 aromatic carbocycles. The molecule has 0 aliphatic carbocycles. The van der Waals surface area contributed by atoms with E-state index in [4.69, 9.17) is 26.3 Å². The third kappa shape index (κ3) is 6.28. The molecule has 0 radical (unpaired) electrons. The number of benzene rings is 2. The van der Waals surface area contributed by atoms with Crippen LogP contribution in [0.4, 0.5) is 11.5 Å². The van der Waals surface area contributed by atoms with Crippen molar-refractivity contribution in [1.29, 1.82) is 0 Å². The predicted octanol–water partition coefficient (Wildman–Crippen LogP) is 5.95. The van der Waals surface area contributed by atoms with Gasteiger partial charge in [-0.2, -0.15) is 9.97 Å². The van der Waals surface area contributed by atoms with Gasteiger partial charge in [-0.15, -0.1) is 0 Å². The number of aryl methyl sites for hydroxylation is 1. The molecule has 0 unspecified atom stereocenters. The van der Waals surface area contributed by atoms with E-state index < -0.39 is 0 Å². The van der Waals surface area contributed by atoms with E-state index in [0.717, 1.165) is 89.6 Å². The number of aromatic nitrogens is 4. The van der Waals surface area contributed by atoms with Crippen molar-refractivity contribution < 1.29 is 9.53 Å². The smallest absolute Gasteiger partial charge is 0.318 e. The fourth-order valence-corrected chi connectivity index (χ4v) is 9.05. The number of fused-ring (bicyclic) bond motifs is 3. The van der Waals surface area contributed by atoms with Crippen LogP contribution < -0.4 is 14.5 Å². The number of likely N-dealkylation sites (tertiary alicyclic amines) is 1. The topological polar surface area (TPSA) is 90.8 Å². The largest absolute Gasteiger partial charge is 0.461 e. The first-order chi connectivity index (χ1) is 24.3. The molecule has 1 amide bonds. The van der Waals surface area contributed by atoms with Gasteiger partial charge in [0.05, 0.1) is 28.5 Å². The Morgan fingerprint density at radius 1 is 1.10 bits per heavy atom. The highest BCUT2D eigenvalue weighted by Crippen LogP contribution is 2.42. The Morgan fingerprint density at radius 2 is 1.96 bits per heavy atom. The van der Waals surface area contributed by atoms with Crippen LogP contribution in [-0.4, -0.2) is 93.6 Å². The molecule has 11 heteroatoms. The molecule has 0 saturated carbocycles. The Morgan fingerprint density at radius 3 is 2.82 bits per heavy atom. The summed E-state index contributed by atoms with van der Waals surface area (Å²) in [7, 11) is 2.11. The average molecular weight is 693 g/mol. The zero-order chi connectivity index (χ0) is 34.4. The zero-order valence-electron chi connectivity index (χ0n) is 29.2. The lowest BCUT2D eigenvalue weighted by Crippen LogP contribution is -2.44. The normalized spacial score (nSPS) is 23.5. The van der Waals surface area contributed by atoms with Gasteiger partial charge in [0.15, 0.2) is 0 Å². The lowest BCUT2D eigenvalue weighted by Gasteiger charge is -2.35. The second-order valence-corrected chi connectivity index (χ2v) is 15.0. The lowest BCUT2D eigenvalue weighted by atomic mass is 9.92. The molecule has 8 rings (SSSR count). The third-order valence-electron chi connectivity index (χ3n) is 11.2. The van der Waals surface area contributed by atoms with E-state index in [1.165, 1.54) is 6.42 Å². The van der Waals surface area contributed by atoms with E-state index in [2.05, 4.69) is 62.9 Å². The number of halogens is 1. The number of hydrogen-bond acceptors (Lipinski definition) is 9. The van der Waals surface area contributed by atoms with Crippen LogP contribution in [0.1, 0.15) is 55.4 Å². The monoisotopic (exact) mass is 692 g/mol. The fourth-order valence-electron chi connectivity index (χ4n) is 8.77. The molecule has 3 saturated heterocycles. The molecule has 0 bridgehead atoms. The first-order valence-electron chi connectivity index (χ1n) is 18.0. The summed E-state index contributed by atoms with van der Waals surface area (Å²) in [5.74, 6) is 2.24. The van der Waals surface area contributed by atoms with Crippen molar-refractivity contribution in [2.45, 2.75) is 64.1 Å². The molecule has 0 N–H and O–H groups in total. The number of likely N-dealkylation sites (N-methyl/N-ethyl adjacent to an activating group) is 1. The average Bonchev–Trinajstić information content (AvgIpc) is 3.84. The van der Waals surface area contributed by atoms with E-state index in [0.29, 0.717) is 44.0 Å². The van der Waals surface area contributed by atoms with E-state index >= 15 is 0 Å². The van der Waals surface area contributed by atoms with E-state index in [1.54, 1.807) is 18.3 Å². The quantitative estimate of drug-likeness (QED) is 0.208. The van der Waals surface area contributed by atoms with Crippen LogP contribution in [-0.2, 0) is 17.8 Å². The molecule has 2 aromatic heterocycles. The maximum atomic E-state index is 13.2. The first-order valence-corrected chi connectivity index (χ1v) is 18.3. The van der Waals surface area contributed by atoms with Gasteiger partial charge >= 0.3 is 6.01 Å². The van der Waals surface area contributed by atoms with Gasteiger partial charge in [0.1, 0.15) is 18.2 Å². The fraction of sp³-hybridized carbons (Fsp3) is 0.462. The molecular formula is C39H45ClN8O2. The maximum absolute atomic E-state index is 13.2. The molecule has 6 heterocycles. The van der Waals surface area contributed by atoms with Crippen LogP contribution in [0.3, 0.4) is 0 Å². The number of carbonyl (C=O) groups is 1. The van der Waals surface area contributed by atoms with Gasteiger partial charge in [-0.25, -0.2) is 9.97 Å². The standard InChI is InChI=1S/C39H45ClN8O2/c1-26-21-39(16-6-18-48(39)22-26)25-50-38-43-33-24-46(34-10-5-8-28-7-4-9-32(40)36(28)34)20-15-31(33)37(44-38)45(3)30-14-19-47(23-30)35(49)12-11-29-13-17-41-27(2)42-29/h4-5,7-13,17,26,30H,6,14-16,18-25H2,1-3H3/b12-11+/t26-,30+,39+/m1/s1. The molecule has 3 atom stereocenters. The Balaban J connectivity index is 1.07. The molecular weight excluding hydrogens is 648 g/mol. The summed E-state index contributed by atoms with van der Waals surface area (Å²) in [5.41, 5.74) is 4.06. The van der Waals surface area contributed by atoms with Gasteiger partial charge in [0.25, 0.3) is 0 Å². The number of ether oxygens (including phenoxy) is 1. The number of hydrogen-bond donors (Lipinski definition) is 0. The van der Waals surface area contributed by atoms with Gasteiger partial charge in [0.2, 0.25) is 5.91 Å². The Labute approximate surface area is 299 Å². The molecule has 10 nitrogen and oxygen atoms in total. The minimum atomic E-state index is -0.0125. The minimum Gasteiger partial charge on any atom is -0.461 e. The molecule has 0 spiro atoms. The summed E-state index contributed by atoms with van der Waals surface area (Å²) in [6.07, 6.45) is 10.3. The zero-order valence-corrected chi connectivity index (χ0v) is 29.9. The minimum absolute atomic E-state index is 0.0125. The highest BCUT2D eigenvalue weighted by atomic mass is 35.5. The number of rotatable bonds is 8. The molecule has 4 aliphatic heterocycles. The van der Waals surface area contributed by atoms with Gasteiger partial charge in [0, 0.05) is 68.2 Å². The Hall–Kier alpha value is -4.28. The lowest BCUT2D eigenvalue weighted by molar-refractivity contribution is -0.124. The van der Waals surface area contributed by atoms with Crippen LogP contribution in [0, 0.1) is 12.8 Å². The van der Waals surface area contributed by atoms with Crippen LogP contribution in [0.5, 0.6) is 6.01 Å². The summed E-state index contributed by atoms with van der Waals surface area (Å²) >= 11 is 6.77. The summed E-state index contributed by atoms with van der Waals surface area (Å²) in [6, 6.07) is 14.8. The molecule has 50 heavy (non-hydrogen) atoms. The van der Waals surface area contributed by atoms with Crippen molar-refractivity contribution in [2.75, 3.05) is 56.2 Å². The number of carbonyl (C=O) groups excluding carboxylic acids is 1. The van der Waals surface area contributed by atoms with Crippen molar-refractivity contribution in [2.24, 2.45) is 5.92 Å². The Kier molecular flexibility index (Phi) is 8.85.